The first-order valence-electron chi connectivity index (χ1n) is 5.36. The molecule has 0 saturated heterocycles. The second kappa shape index (κ2) is 4.14. The van der Waals surface area contributed by atoms with Gasteiger partial charge in [-0.25, -0.2) is 4.79 Å². The average Bonchev–Trinajstić information content (AvgIpc) is 2.62. The van der Waals surface area contributed by atoms with Gasteiger partial charge in [0.2, 0.25) is 0 Å². The van der Waals surface area contributed by atoms with Crippen LogP contribution in [0.5, 0.6) is 5.75 Å². The Bertz CT molecular complexity index is 417. The summed E-state index contributed by atoms with van der Waals surface area (Å²) in [5.74, 6) is -0.305. The van der Waals surface area contributed by atoms with Crippen LogP contribution in [0.1, 0.15) is 30.5 Å². The number of nitrogens with two attached hydrogens (primary N) is 1. The number of carboxylic acid groups (broad SMARTS) is 1. The zero-order valence-corrected chi connectivity index (χ0v) is 9.14. The van der Waals surface area contributed by atoms with Crippen LogP contribution in [0.25, 0.3) is 0 Å². The summed E-state index contributed by atoms with van der Waals surface area (Å²) >= 11 is 0. The molecule has 4 heteroatoms. The first-order chi connectivity index (χ1) is 7.59. The predicted molar refractivity (Wildman–Crippen MR) is 59.4 cm³/mol. The minimum Gasteiger partial charge on any atom is -0.479 e. The van der Waals surface area contributed by atoms with E-state index in [1.807, 2.05) is 12.1 Å². The van der Waals surface area contributed by atoms with Gasteiger partial charge in [0.15, 0.2) is 6.10 Å². The molecule has 0 radical (unpaired) electrons. The lowest BCUT2D eigenvalue weighted by molar-refractivity contribution is -0.144. The van der Waals surface area contributed by atoms with E-state index in [4.69, 9.17) is 15.6 Å². The Hall–Kier alpha value is -1.55. The van der Waals surface area contributed by atoms with Crippen LogP contribution in [0.15, 0.2) is 18.2 Å². The van der Waals surface area contributed by atoms with Crippen LogP contribution in [0, 0.1) is 0 Å². The van der Waals surface area contributed by atoms with Gasteiger partial charge in [-0.2, -0.15) is 0 Å². The fourth-order valence-electron chi connectivity index (χ4n) is 2.00. The molecule has 4 nitrogen and oxygen atoms in total. The number of hydrogen-bond acceptors (Lipinski definition) is 3. The highest BCUT2D eigenvalue weighted by Gasteiger charge is 2.23. The molecule has 1 aromatic carbocycles. The highest BCUT2D eigenvalue weighted by Crippen LogP contribution is 2.35. The van der Waals surface area contributed by atoms with Gasteiger partial charge >= 0.3 is 5.97 Å². The van der Waals surface area contributed by atoms with Crippen LogP contribution in [-0.2, 0) is 11.2 Å². The maximum atomic E-state index is 10.7. The summed E-state index contributed by atoms with van der Waals surface area (Å²) in [5, 5.41) is 8.79. The molecule has 0 bridgehead atoms. The van der Waals surface area contributed by atoms with Crippen LogP contribution in [-0.4, -0.2) is 17.2 Å². The van der Waals surface area contributed by atoms with Crippen molar-refractivity contribution < 1.29 is 14.6 Å². The van der Waals surface area contributed by atoms with Gasteiger partial charge in [0, 0.05) is 6.04 Å². The Morgan fingerprint density at radius 1 is 1.62 bits per heavy atom. The maximum absolute atomic E-state index is 10.7. The number of rotatable bonds is 3. The van der Waals surface area contributed by atoms with Crippen LogP contribution < -0.4 is 10.5 Å². The first-order valence-corrected chi connectivity index (χ1v) is 5.36. The van der Waals surface area contributed by atoms with E-state index in [1.54, 1.807) is 6.07 Å². The van der Waals surface area contributed by atoms with Gasteiger partial charge in [0.25, 0.3) is 0 Å². The van der Waals surface area contributed by atoms with Crippen molar-refractivity contribution in [1.82, 2.24) is 0 Å². The Morgan fingerprint density at radius 3 is 3.06 bits per heavy atom. The van der Waals surface area contributed by atoms with Crippen molar-refractivity contribution in [2.45, 2.75) is 31.9 Å². The summed E-state index contributed by atoms with van der Waals surface area (Å²) in [6.45, 7) is 1.52. The summed E-state index contributed by atoms with van der Waals surface area (Å²) in [4.78, 5) is 10.7. The normalized spacial score (nSPS) is 20.2. The van der Waals surface area contributed by atoms with Crippen molar-refractivity contribution >= 4 is 5.97 Å². The molecule has 0 aromatic heterocycles. The number of ether oxygens (including phenoxy) is 1. The van der Waals surface area contributed by atoms with Gasteiger partial charge < -0.3 is 15.6 Å². The molecule has 86 valence electrons. The van der Waals surface area contributed by atoms with E-state index in [1.165, 1.54) is 6.92 Å². The molecule has 0 fully saturated rings. The lowest BCUT2D eigenvalue weighted by atomic mass is 10.1. The molecule has 0 saturated carbocycles. The molecule has 2 atom stereocenters. The topological polar surface area (TPSA) is 72.5 Å². The molecule has 2 rings (SSSR count). The zero-order chi connectivity index (χ0) is 11.7. The summed E-state index contributed by atoms with van der Waals surface area (Å²) < 4.78 is 5.41. The summed E-state index contributed by atoms with van der Waals surface area (Å²) in [6.07, 6.45) is 0.930. The second-order valence-electron chi connectivity index (χ2n) is 4.07. The van der Waals surface area contributed by atoms with Gasteiger partial charge in [0.05, 0.1) is 0 Å². The lowest BCUT2D eigenvalue weighted by Crippen LogP contribution is -2.23. The quantitative estimate of drug-likeness (QED) is 0.811. The van der Waals surface area contributed by atoms with Gasteiger partial charge in [0.1, 0.15) is 5.75 Å². The first kappa shape index (κ1) is 11.0. The molecule has 2 unspecified atom stereocenters. The van der Waals surface area contributed by atoms with Crippen LogP contribution >= 0.6 is 0 Å². The molecule has 0 spiro atoms. The van der Waals surface area contributed by atoms with E-state index in [0.29, 0.717) is 5.75 Å². The van der Waals surface area contributed by atoms with E-state index in [2.05, 4.69) is 0 Å². The van der Waals surface area contributed by atoms with Crippen molar-refractivity contribution in [3.8, 4) is 5.75 Å². The van der Waals surface area contributed by atoms with Crippen LogP contribution in [0.3, 0.4) is 0 Å². The van der Waals surface area contributed by atoms with Crippen molar-refractivity contribution in [2.75, 3.05) is 0 Å². The molecule has 1 aliphatic rings. The van der Waals surface area contributed by atoms with E-state index in [-0.39, 0.29) is 6.04 Å². The van der Waals surface area contributed by atoms with E-state index >= 15 is 0 Å². The number of hydrogen-bond donors (Lipinski definition) is 2. The molecular weight excluding hydrogens is 206 g/mol. The third-order valence-electron chi connectivity index (χ3n) is 2.93. The number of carbonyl (C=O) groups is 1. The fourth-order valence-corrected chi connectivity index (χ4v) is 2.00. The van der Waals surface area contributed by atoms with Gasteiger partial charge in [-0.1, -0.05) is 12.1 Å². The number of carboxylic acids is 1. The monoisotopic (exact) mass is 221 g/mol. The minimum absolute atomic E-state index is 0.0543. The molecule has 0 heterocycles. The molecule has 3 N–H and O–H groups in total. The summed E-state index contributed by atoms with van der Waals surface area (Å²) in [7, 11) is 0. The van der Waals surface area contributed by atoms with Crippen LogP contribution in [0.2, 0.25) is 0 Å². The number of benzene rings is 1. The van der Waals surface area contributed by atoms with E-state index in [9.17, 15) is 4.79 Å². The largest absolute Gasteiger partial charge is 0.479 e. The van der Waals surface area contributed by atoms with Crippen molar-refractivity contribution in [3.63, 3.8) is 0 Å². The standard InChI is InChI=1S/C12H15NO3/c1-7(12(14)15)16-11-4-2-3-8-9(11)5-6-10(8)13/h2-4,7,10H,5-6,13H2,1H3,(H,14,15). The second-order valence-corrected chi connectivity index (χ2v) is 4.07. The third-order valence-corrected chi connectivity index (χ3v) is 2.93. The van der Waals surface area contributed by atoms with E-state index in [0.717, 1.165) is 24.0 Å². The SMILES string of the molecule is CC(Oc1cccc2c1CCC2N)C(=O)O. The molecular formula is C12H15NO3. The summed E-state index contributed by atoms with van der Waals surface area (Å²) in [6, 6.07) is 5.69. The predicted octanol–water partition coefficient (Wildman–Crippen LogP) is 1.48. The molecule has 16 heavy (non-hydrogen) atoms. The van der Waals surface area contributed by atoms with Gasteiger partial charge in [-0.3, -0.25) is 0 Å². The molecule has 1 aliphatic carbocycles. The van der Waals surface area contributed by atoms with Crippen molar-refractivity contribution in [1.29, 1.82) is 0 Å². The van der Waals surface area contributed by atoms with Crippen molar-refractivity contribution in [2.24, 2.45) is 5.73 Å². The molecule has 1 aromatic rings. The molecule has 0 amide bonds. The van der Waals surface area contributed by atoms with Gasteiger partial charge in [-0.05, 0) is 37.0 Å². The number of fused-ring (bicyclic) bond motifs is 1. The smallest absolute Gasteiger partial charge is 0.344 e. The van der Waals surface area contributed by atoms with E-state index < -0.39 is 12.1 Å². The highest BCUT2D eigenvalue weighted by atomic mass is 16.5. The molecule has 0 aliphatic heterocycles. The number of aliphatic carboxylic acids is 1. The summed E-state index contributed by atoms with van der Waals surface area (Å²) in [5.41, 5.74) is 8.07. The third kappa shape index (κ3) is 1.88. The minimum atomic E-state index is -0.958. The van der Waals surface area contributed by atoms with Crippen LogP contribution in [0.4, 0.5) is 0 Å². The van der Waals surface area contributed by atoms with Crippen molar-refractivity contribution in [3.05, 3.63) is 29.3 Å². The Morgan fingerprint density at radius 2 is 2.38 bits per heavy atom. The Kier molecular flexibility index (Phi) is 2.83. The Balaban J connectivity index is 2.26. The fraction of sp³-hybridized carbons (Fsp3) is 0.417. The average molecular weight is 221 g/mol. The zero-order valence-electron chi connectivity index (χ0n) is 9.14. The van der Waals surface area contributed by atoms with Gasteiger partial charge in [-0.15, -0.1) is 0 Å². The maximum Gasteiger partial charge on any atom is 0.344 e. The highest BCUT2D eigenvalue weighted by molar-refractivity contribution is 5.72. The lowest BCUT2D eigenvalue weighted by Gasteiger charge is -2.14. The Labute approximate surface area is 94.0 Å².